The minimum Gasteiger partial charge on any atom is -0.493 e. The van der Waals surface area contributed by atoms with Gasteiger partial charge < -0.3 is 24.8 Å². The fourth-order valence-electron chi connectivity index (χ4n) is 2.91. The van der Waals surface area contributed by atoms with Crippen LogP contribution < -0.4 is 20.1 Å². The Morgan fingerprint density at radius 2 is 1.87 bits per heavy atom. The molecule has 0 unspecified atom stereocenters. The average Bonchev–Trinajstić information content (AvgIpc) is 2.79. The van der Waals surface area contributed by atoms with Crippen molar-refractivity contribution >= 4 is 29.3 Å². The highest BCUT2D eigenvalue weighted by molar-refractivity contribution is 8.02. The zero-order valence-corrected chi connectivity index (χ0v) is 17.7. The van der Waals surface area contributed by atoms with Crippen molar-refractivity contribution in [3.8, 4) is 11.5 Å². The lowest BCUT2D eigenvalue weighted by atomic mass is 10.1. The third-order valence-corrected chi connectivity index (χ3v) is 5.22. The van der Waals surface area contributed by atoms with Crippen molar-refractivity contribution in [3.05, 3.63) is 64.8 Å². The molecule has 0 bridgehead atoms. The minimum absolute atomic E-state index is 0.259. The number of hydrogen-bond acceptors (Lipinski definition) is 6. The van der Waals surface area contributed by atoms with Gasteiger partial charge in [0.15, 0.2) is 17.3 Å². The van der Waals surface area contributed by atoms with E-state index < -0.39 is 0 Å². The van der Waals surface area contributed by atoms with Crippen LogP contribution in [-0.4, -0.2) is 44.9 Å². The molecular weight excluding hydrogens is 404 g/mol. The van der Waals surface area contributed by atoms with Gasteiger partial charge in [-0.05, 0) is 36.2 Å². The monoisotopic (exact) mass is 428 g/mol. The zero-order chi connectivity index (χ0) is 21.3. The molecule has 30 heavy (non-hydrogen) atoms. The molecule has 0 radical (unpaired) electrons. The quantitative estimate of drug-likeness (QED) is 0.672. The standard InChI is InChI=1S/C22H24N2O5S/c1-27-18-8-7-15(13-19(18)28-2)9-10-23-21(25)16-5-3-4-6-17(16)24-22(26)20-14-30-12-11-29-20/h3-8,13-14H,9-12H2,1-2H3,(H,23,25)(H,24,26). The number of hydrogen-bond donors (Lipinski definition) is 2. The van der Waals surface area contributed by atoms with E-state index in [1.54, 1.807) is 43.9 Å². The van der Waals surface area contributed by atoms with E-state index in [2.05, 4.69) is 10.6 Å². The number of carbonyl (C=O) groups is 2. The smallest absolute Gasteiger partial charge is 0.291 e. The van der Waals surface area contributed by atoms with Gasteiger partial charge in [0.05, 0.1) is 32.1 Å². The van der Waals surface area contributed by atoms with Crippen molar-refractivity contribution < 1.29 is 23.8 Å². The van der Waals surface area contributed by atoms with E-state index in [9.17, 15) is 9.59 Å². The molecule has 1 aliphatic rings. The maximum atomic E-state index is 12.7. The molecule has 0 saturated heterocycles. The number of nitrogens with one attached hydrogen (secondary N) is 2. The molecule has 3 rings (SSSR count). The number of carbonyl (C=O) groups excluding carboxylic acids is 2. The van der Waals surface area contributed by atoms with Crippen molar-refractivity contribution in [1.29, 1.82) is 0 Å². The van der Waals surface area contributed by atoms with Crippen LogP contribution >= 0.6 is 11.8 Å². The van der Waals surface area contributed by atoms with Crippen molar-refractivity contribution in [3.63, 3.8) is 0 Å². The summed E-state index contributed by atoms with van der Waals surface area (Å²) in [7, 11) is 3.17. The molecular formula is C22H24N2O5S. The molecule has 0 aromatic heterocycles. The summed E-state index contributed by atoms with van der Waals surface area (Å²) in [6.45, 7) is 0.920. The Bertz CT molecular complexity index is 945. The van der Waals surface area contributed by atoms with E-state index in [1.165, 1.54) is 11.8 Å². The zero-order valence-electron chi connectivity index (χ0n) is 16.9. The summed E-state index contributed by atoms with van der Waals surface area (Å²) in [5.41, 5.74) is 1.84. The molecule has 158 valence electrons. The van der Waals surface area contributed by atoms with Crippen molar-refractivity contribution in [2.75, 3.05) is 38.4 Å². The Kier molecular flexibility index (Phi) is 7.62. The molecule has 0 fully saturated rings. The fourth-order valence-corrected chi connectivity index (χ4v) is 3.54. The highest BCUT2D eigenvalue weighted by Gasteiger charge is 2.18. The molecule has 7 nitrogen and oxygen atoms in total. The predicted molar refractivity (Wildman–Crippen MR) is 117 cm³/mol. The van der Waals surface area contributed by atoms with Gasteiger partial charge in [0.1, 0.15) is 0 Å². The Morgan fingerprint density at radius 3 is 2.60 bits per heavy atom. The number of para-hydroxylation sites is 1. The van der Waals surface area contributed by atoms with Gasteiger partial charge >= 0.3 is 0 Å². The van der Waals surface area contributed by atoms with Crippen LogP contribution in [0, 0.1) is 0 Å². The van der Waals surface area contributed by atoms with Gasteiger partial charge in [-0.1, -0.05) is 18.2 Å². The van der Waals surface area contributed by atoms with Gasteiger partial charge in [-0.2, -0.15) is 0 Å². The summed E-state index contributed by atoms with van der Waals surface area (Å²) in [6, 6.07) is 12.5. The molecule has 2 aromatic rings. The van der Waals surface area contributed by atoms with Crippen LogP contribution in [0.25, 0.3) is 0 Å². The van der Waals surface area contributed by atoms with E-state index in [0.717, 1.165) is 11.3 Å². The molecule has 0 atom stereocenters. The van der Waals surface area contributed by atoms with Crippen LogP contribution in [0.4, 0.5) is 5.69 Å². The summed E-state index contributed by atoms with van der Waals surface area (Å²) in [6.07, 6.45) is 0.624. The predicted octanol–water partition coefficient (Wildman–Crippen LogP) is 3.22. The van der Waals surface area contributed by atoms with E-state index in [0.29, 0.717) is 42.3 Å². The second-order valence-corrected chi connectivity index (χ2v) is 7.37. The molecule has 2 aromatic carbocycles. The Morgan fingerprint density at radius 1 is 1.07 bits per heavy atom. The van der Waals surface area contributed by atoms with E-state index in [1.807, 2.05) is 18.2 Å². The normalized spacial score (nSPS) is 12.9. The largest absolute Gasteiger partial charge is 0.493 e. The number of thioether (sulfide) groups is 1. The summed E-state index contributed by atoms with van der Waals surface area (Å²) in [5, 5.41) is 7.34. The Balaban J connectivity index is 1.60. The third-order valence-electron chi connectivity index (χ3n) is 4.44. The van der Waals surface area contributed by atoms with Crippen LogP contribution in [-0.2, 0) is 16.0 Å². The van der Waals surface area contributed by atoms with Gasteiger partial charge in [-0.3, -0.25) is 9.59 Å². The molecule has 0 aliphatic carbocycles. The molecule has 8 heteroatoms. The maximum Gasteiger partial charge on any atom is 0.291 e. The maximum absolute atomic E-state index is 12.7. The number of benzene rings is 2. The van der Waals surface area contributed by atoms with Crippen LogP contribution in [0.1, 0.15) is 15.9 Å². The topological polar surface area (TPSA) is 85.9 Å². The Labute approximate surface area is 179 Å². The van der Waals surface area contributed by atoms with E-state index in [4.69, 9.17) is 14.2 Å². The van der Waals surface area contributed by atoms with Gasteiger partial charge in [0.2, 0.25) is 0 Å². The lowest BCUT2D eigenvalue weighted by Crippen LogP contribution is -2.27. The van der Waals surface area contributed by atoms with Gasteiger partial charge in [-0.15, -0.1) is 11.8 Å². The van der Waals surface area contributed by atoms with E-state index in [-0.39, 0.29) is 17.6 Å². The first-order chi connectivity index (χ1) is 14.6. The molecule has 0 saturated carbocycles. The highest BCUT2D eigenvalue weighted by Crippen LogP contribution is 2.27. The first-order valence-corrected chi connectivity index (χ1v) is 10.5. The van der Waals surface area contributed by atoms with Crippen LogP contribution in [0.2, 0.25) is 0 Å². The minimum atomic E-state index is -0.368. The fraction of sp³-hybridized carbons (Fsp3) is 0.273. The molecule has 0 spiro atoms. The summed E-state index contributed by atoms with van der Waals surface area (Å²) in [5.74, 6) is 1.75. The summed E-state index contributed by atoms with van der Waals surface area (Å²) >= 11 is 1.52. The van der Waals surface area contributed by atoms with Crippen molar-refractivity contribution in [2.24, 2.45) is 0 Å². The lowest BCUT2D eigenvalue weighted by Gasteiger charge is -2.16. The number of amides is 2. The van der Waals surface area contributed by atoms with Crippen molar-refractivity contribution in [2.45, 2.75) is 6.42 Å². The first-order valence-electron chi connectivity index (χ1n) is 9.46. The molecule has 2 N–H and O–H groups in total. The summed E-state index contributed by atoms with van der Waals surface area (Å²) in [4.78, 5) is 25.1. The number of rotatable bonds is 8. The number of ether oxygens (including phenoxy) is 3. The van der Waals surface area contributed by atoms with Crippen LogP contribution in [0.3, 0.4) is 0 Å². The summed E-state index contributed by atoms with van der Waals surface area (Å²) < 4.78 is 15.9. The van der Waals surface area contributed by atoms with Gasteiger partial charge in [0, 0.05) is 17.7 Å². The second-order valence-electron chi connectivity index (χ2n) is 6.40. The second kappa shape index (κ2) is 10.6. The molecule has 1 aliphatic heterocycles. The van der Waals surface area contributed by atoms with Gasteiger partial charge in [-0.25, -0.2) is 0 Å². The highest BCUT2D eigenvalue weighted by atomic mass is 32.2. The SMILES string of the molecule is COc1ccc(CCNC(=O)c2ccccc2NC(=O)C2=CSCCO2)cc1OC. The number of anilines is 1. The molecule has 1 heterocycles. The molecule has 2 amide bonds. The average molecular weight is 429 g/mol. The lowest BCUT2D eigenvalue weighted by molar-refractivity contribution is -0.116. The Hall–Kier alpha value is -3.13. The van der Waals surface area contributed by atoms with E-state index >= 15 is 0 Å². The number of methoxy groups -OCH3 is 2. The van der Waals surface area contributed by atoms with Crippen molar-refractivity contribution in [1.82, 2.24) is 5.32 Å². The van der Waals surface area contributed by atoms with Crippen LogP contribution in [0.5, 0.6) is 11.5 Å². The van der Waals surface area contributed by atoms with Crippen LogP contribution in [0.15, 0.2) is 53.6 Å². The third kappa shape index (κ3) is 5.48. The first kappa shape index (κ1) is 21.6. The van der Waals surface area contributed by atoms with Gasteiger partial charge in [0.25, 0.3) is 11.8 Å².